The van der Waals surface area contributed by atoms with E-state index in [1.807, 2.05) is 24.3 Å². The SMILES string of the molecule is C[Si](C)=[Zr+2]([CH]1C(c2ccco2)=CC2=C1C=CC=CC2c1ccco1)[CH]1C(c2ccco2)=CC2=C1C=CC=CC2c1ccco1.[Cl-].[Cl-]. The molecule has 4 aromatic rings. The van der Waals surface area contributed by atoms with Gasteiger partial charge in [0.15, 0.2) is 0 Å². The number of allylic oxidation sites excluding steroid dienone is 16. The molecule has 0 N–H and O–H groups in total. The molecule has 0 fully saturated rings. The van der Waals surface area contributed by atoms with Crippen LogP contribution >= 0.6 is 0 Å². The van der Waals surface area contributed by atoms with E-state index in [0.717, 1.165) is 23.0 Å². The van der Waals surface area contributed by atoms with Crippen LogP contribution in [-0.2, 0) is 20.4 Å². The van der Waals surface area contributed by atoms with Gasteiger partial charge < -0.3 is 24.8 Å². The molecule has 8 rings (SSSR count). The van der Waals surface area contributed by atoms with E-state index in [0.29, 0.717) is 7.25 Å². The number of hydrogen-bond acceptors (Lipinski definition) is 4. The third-order valence-corrected chi connectivity index (χ3v) is 28.3. The summed E-state index contributed by atoms with van der Waals surface area (Å²) in [7, 11) is 0. The van der Waals surface area contributed by atoms with Crippen molar-refractivity contribution in [2.45, 2.75) is 32.2 Å². The predicted octanol–water partition coefficient (Wildman–Crippen LogP) is 4.42. The maximum atomic E-state index is 6.20. The fourth-order valence-electron chi connectivity index (χ4n) is 7.30. The van der Waals surface area contributed by atoms with Crippen LogP contribution in [0.3, 0.4) is 0 Å². The third kappa shape index (κ3) is 5.64. The minimum Gasteiger partial charge on any atom is -1.00 e. The van der Waals surface area contributed by atoms with Gasteiger partial charge in [-0.3, -0.25) is 0 Å². The summed E-state index contributed by atoms with van der Waals surface area (Å²) in [6.45, 7) is 5.09. The van der Waals surface area contributed by atoms with Gasteiger partial charge in [0.25, 0.3) is 0 Å². The Bertz CT molecular complexity index is 1840. The Morgan fingerprint density at radius 3 is 1.35 bits per heavy atom. The van der Waals surface area contributed by atoms with Crippen LogP contribution in [-0.4, -0.2) is 5.43 Å². The van der Waals surface area contributed by atoms with Crippen LogP contribution in [0.5, 0.6) is 0 Å². The van der Waals surface area contributed by atoms with Crippen LogP contribution in [0, 0.1) is 0 Å². The molecule has 4 nitrogen and oxygen atoms in total. The Morgan fingerprint density at radius 1 is 0.543 bits per heavy atom. The van der Waals surface area contributed by atoms with Gasteiger partial charge in [-0.25, -0.2) is 0 Å². The van der Waals surface area contributed by atoms with E-state index in [1.54, 1.807) is 25.1 Å². The van der Waals surface area contributed by atoms with Crippen LogP contribution in [0.1, 0.15) is 34.9 Å². The molecule has 0 bridgehead atoms. The molecule has 4 unspecified atom stereocenters. The van der Waals surface area contributed by atoms with Crippen LogP contribution in [0.2, 0.25) is 20.3 Å². The molecule has 4 aliphatic carbocycles. The van der Waals surface area contributed by atoms with Crippen molar-refractivity contribution in [2.75, 3.05) is 0 Å². The van der Waals surface area contributed by atoms with Crippen LogP contribution in [0.15, 0.2) is 174 Å². The minimum atomic E-state index is -2.59. The molecule has 4 aliphatic rings. The van der Waals surface area contributed by atoms with Crippen molar-refractivity contribution in [1.29, 1.82) is 0 Å². The van der Waals surface area contributed by atoms with Gasteiger partial charge in [0.2, 0.25) is 0 Å². The first-order valence-electron chi connectivity index (χ1n) is 15.1. The van der Waals surface area contributed by atoms with E-state index in [4.69, 9.17) is 17.7 Å². The summed E-state index contributed by atoms with van der Waals surface area (Å²) in [4.78, 5) is 0. The number of halogens is 2. The molecular weight excluding hydrogens is 711 g/mol. The van der Waals surface area contributed by atoms with Gasteiger partial charge in [-0.1, -0.05) is 0 Å². The maximum Gasteiger partial charge on any atom is -1.00 e. The fraction of sp³-hybridized carbons (Fsp3) is 0.158. The molecule has 0 aromatic carbocycles. The van der Waals surface area contributed by atoms with Gasteiger partial charge in [0, 0.05) is 0 Å². The summed E-state index contributed by atoms with van der Waals surface area (Å²) in [5, 5.41) is 0. The maximum absolute atomic E-state index is 6.20. The molecule has 4 heterocycles. The van der Waals surface area contributed by atoms with Crippen molar-refractivity contribution >= 4 is 16.6 Å². The second-order valence-corrected chi connectivity index (χ2v) is 29.6. The van der Waals surface area contributed by atoms with Gasteiger partial charge in [0.1, 0.15) is 0 Å². The van der Waals surface area contributed by atoms with Gasteiger partial charge in [-0.2, -0.15) is 0 Å². The Hall–Kier alpha value is -3.28. The molecular formula is C38H32Cl2O4SiZr. The molecule has 0 saturated heterocycles. The summed E-state index contributed by atoms with van der Waals surface area (Å²) >= 11 is -2.59. The average Bonchev–Trinajstić information content (AvgIpc) is 3.87. The second kappa shape index (κ2) is 13.8. The van der Waals surface area contributed by atoms with Gasteiger partial charge in [0.05, 0.1) is 0 Å². The number of rotatable bonds is 6. The standard InChI is InChI=1S/2C18H13O2.C2H6Si.2ClH.Zr/c2*1-2-6-15(18-8-4-10-20-18)16-12-14(11-13(16)5-1)17-7-3-9-19-17;1-3-2;;;/h2*1-12,15H;1-2H3;2*1H;/q;;;;;+2/p-2. The molecule has 0 aliphatic heterocycles. The number of hydrogen-bond donors (Lipinski definition) is 0. The van der Waals surface area contributed by atoms with Crippen molar-refractivity contribution in [3.63, 3.8) is 0 Å². The van der Waals surface area contributed by atoms with Crippen LogP contribution < -0.4 is 24.8 Å². The van der Waals surface area contributed by atoms with Gasteiger partial charge >= 0.3 is 266 Å². The van der Waals surface area contributed by atoms with Crippen molar-refractivity contribution in [2.24, 2.45) is 0 Å². The van der Waals surface area contributed by atoms with E-state index in [2.05, 4.69) is 98.1 Å². The Morgan fingerprint density at radius 2 is 0.978 bits per heavy atom. The van der Waals surface area contributed by atoms with E-state index in [1.165, 1.54) is 33.4 Å². The summed E-state index contributed by atoms with van der Waals surface area (Å²) < 4.78 is 25.0. The smallest absolute Gasteiger partial charge is 1.00 e. The number of furan rings is 4. The molecule has 46 heavy (non-hydrogen) atoms. The average molecular weight is 743 g/mol. The molecule has 0 spiro atoms. The fourth-order valence-corrected chi connectivity index (χ4v) is 27.2. The first-order chi connectivity index (χ1) is 21.7. The summed E-state index contributed by atoms with van der Waals surface area (Å²) in [6, 6.07) is 16.5. The van der Waals surface area contributed by atoms with Gasteiger partial charge in [-0.05, 0) is 0 Å². The topological polar surface area (TPSA) is 52.6 Å². The van der Waals surface area contributed by atoms with Gasteiger partial charge in [-0.15, -0.1) is 0 Å². The Balaban J connectivity index is 0.00000186. The molecule has 4 atom stereocenters. The van der Waals surface area contributed by atoms with E-state index in [9.17, 15) is 0 Å². The first kappa shape index (κ1) is 32.7. The largest absolute Gasteiger partial charge is 1.00 e. The van der Waals surface area contributed by atoms with E-state index in [-0.39, 0.29) is 36.6 Å². The Kier molecular flexibility index (Phi) is 9.82. The van der Waals surface area contributed by atoms with E-state index >= 15 is 0 Å². The second-order valence-electron chi connectivity index (χ2n) is 11.8. The summed E-state index contributed by atoms with van der Waals surface area (Å²) in [5.41, 5.74) is 7.40. The molecule has 8 heteroatoms. The third-order valence-electron chi connectivity index (χ3n) is 9.09. The zero-order chi connectivity index (χ0) is 29.6. The van der Waals surface area contributed by atoms with Crippen molar-refractivity contribution in [3.8, 4) is 0 Å². The monoisotopic (exact) mass is 740 g/mol. The Labute approximate surface area is 289 Å². The minimum absolute atomic E-state index is 0. The zero-order valence-corrected chi connectivity index (χ0v) is 30.4. The first-order valence-corrected chi connectivity index (χ1v) is 24.1. The summed E-state index contributed by atoms with van der Waals surface area (Å²) in [5.74, 6) is 4.01. The van der Waals surface area contributed by atoms with Crippen LogP contribution in [0.4, 0.5) is 0 Å². The quantitative estimate of drug-likeness (QED) is 0.275. The molecule has 230 valence electrons. The normalized spacial score (nSPS) is 22.6. The van der Waals surface area contributed by atoms with Crippen molar-refractivity contribution in [1.82, 2.24) is 0 Å². The van der Waals surface area contributed by atoms with Crippen molar-refractivity contribution < 1.29 is 62.8 Å². The summed E-state index contributed by atoms with van der Waals surface area (Å²) in [6.07, 6.45) is 30.1. The molecule has 0 radical (unpaired) electrons. The molecule has 4 aromatic heterocycles. The van der Waals surface area contributed by atoms with E-state index < -0.39 is 25.8 Å². The molecule has 0 amide bonds. The predicted molar refractivity (Wildman–Crippen MR) is 172 cm³/mol. The molecule has 0 saturated carbocycles. The van der Waals surface area contributed by atoms with Crippen LogP contribution in [0.25, 0.3) is 11.1 Å². The van der Waals surface area contributed by atoms with Crippen molar-refractivity contribution in [3.05, 3.63) is 180 Å². The zero-order valence-electron chi connectivity index (χ0n) is 25.4.